The average molecular weight is 199 g/mol. The molecule has 0 saturated heterocycles. The summed E-state index contributed by atoms with van der Waals surface area (Å²) in [6.07, 6.45) is 9.58. The molecule has 1 aromatic rings. The Bertz CT molecular complexity index is 362. The molecule has 0 radical (unpaired) electrons. The molecule has 2 rings (SSSR count). The van der Waals surface area contributed by atoms with Crippen LogP contribution < -0.4 is 5.32 Å². The maximum Gasteiger partial charge on any atom is 0.0323 e. The molecule has 1 nitrogen and oxygen atoms in total. The summed E-state index contributed by atoms with van der Waals surface area (Å²) < 4.78 is 0. The van der Waals surface area contributed by atoms with Gasteiger partial charge in [0.05, 0.1) is 0 Å². The number of hydrogen-bond donors (Lipinski definition) is 1. The molecule has 0 saturated carbocycles. The van der Waals surface area contributed by atoms with Gasteiger partial charge in [0.15, 0.2) is 0 Å². The molecule has 15 heavy (non-hydrogen) atoms. The molecule has 0 spiro atoms. The Kier molecular flexibility index (Phi) is 3.42. The summed E-state index contributed by atoms with van der Waals surface area (Å²) in [5.41, 5.74) is 2.97. The van der Waals surface area contributed by atoms with Gasteiger partial charge in [0, 0.05) is 12.5 Å². The Morgan fingerprint density at radius 1 is 1.40 bits per heavy atom. The van der Waals surface area contributed by atoms with Gasteiger partial charge < -0.3 is 5.32 Å². The smallest absolute Gasteiger partial charge is 0.0323 e. The van der Waals surface area contributed by atoms with Crippen LogP contribution in [0.2, 0.25) is 0 Å². The van der Waals surface area contributed by atoms with E-state index in [-0.39, 0.29) is 0 Å². The molecule has 1 aliphatic heterocycles. The van der Waals surface area contributed by atoms with Crippen LogP contribution in [0.5, 0.6) is 0 Å². The van der Waals surface area contributed by atoms with Gasteiger partial charge in [-0.1, -0.05) is 24.3 Å². The van der Waals surface area contributed by atoms with Gasteiger partial charge >= 0.3 is 0 Å². The summed E-state index contributed by atoms with van der Waals surface area (Å²) in [4.78, 5) is 0. The fraction of sp³-hybridized carbons (Fsp3) is 0.429. The Labute approximate surface area is 91.9 Å². The molecule has 0 aliphatic carbocycles. The van der Waals surface area contributed by atoms with E-state index in [2.05, 4.69) is 35.5 Å². The van der Waals surface area contributed by atoms with E-state index >= 15 is 0 Å². The zero-order valence-electron chi connectivity index (χ0n) is 9.00. The third kappa shape index (κ3) is 2.40. The van der Waals surface area contributed by atoms with Crippen LogP contribution in [0.1, 0.15) is 36.4 Å². The van der Waals surface area contributed by atoms with Crippen molar-refractivity contribution in [2.24, 2.45) is 0 Å². The van der Waals surface area contributed by atoms with Crippen LogP contribution in [-0.4, -0.2) is 6.54 Å². The second-order valence-electron chi connectivity index (χ2n) is 4.05. The molecular weight excluding hydrogens is 182 g/mol. The topological polar surface area (TPSA) is 12.0 Å². The summed E-state index contributed by atoms with van der Waals surface area (Å²) in [6, 6.07) is 9.25. The first-order valence-electron chi connectivity index (χ1n) is 5.66. The van der Waals surface area contributed by atoms with E-state index in [0.29, 0.717) is 6.04 Å². The summed E-state index contributed by atoms with van der Waals surface area (Å²) in [7, 11) is 0. The van der Waals surface area contributed by atoms with Gasteiger partial charge in [-0.3, -0.25) is 0 Å². The van der Waals surface area contributed by atoms with Crippen molar-refractivity contribution in [2.75, 3.05) is 6.54 Å². The Balaban J connectivity index is 2.06. The predicted octanol–water partition coefficient (Wildman–Crippen LogP) is 2.68. The van der Waals surface area contributed by atoms with Gasteiger partial charge in [-0.15, -0.1) is 12.3 Å². The lowest BCUT2D eigenvalue weighted by Gasteiger charge is -2.26. The molecule has 0 fully saturated rings. The van der Waals surface area contributed by atoms with E-state index < -0.39 is 0 Å². The first kappa shape index (κ1) is 10.3. The summed E-state index contributed by atoms with van der Waals surface area (Å²) in [5, 5.41) is 3.57. The maximum atomic E-state index is 5.27. The standard InChI is InChI=1S/C14H17N/c1-2-3-4-9-14-13-8-6-5-7-12(13)10-11-15-14/h1,5-8,14-15H,3-4,9-11H2. The van der Waals surface area contributed by atoms with Crippen molar-refractivity contribution in [2.45, 2.75) is 31.7 Å². The van der Waals surface area contributed by atoms with Crippen LogP contribution in [0.4, 0.5) is 0 Å². The zero-order chi connectivity index (χ0) is 10.5. The van der Waals surface area contributed by atoms with Crippen LogP contribution in [0.15, 0.2) is 24.3 Å². The lowest BCUT2D eigenvalue weighted by molar-refractivity contribution is 0.465. The number of hydrogen-bond acceptors (Lipinski definition) is 1. The van der Waals surface area contributed by atoms with E-state index in [9.17, 15) is 0 Å². The highest BCUT2D eigenvalue weighted by molar-refractivity contribution is 5.32. The monoisotopic (exact) mass is 199 g/mol. The van der Waals surface area contributed by atoms with Crippen LogP contribution in [0.25, 0.3) is 0 Å². The molecule has 1 aromatic carbocycles. The number of benzene rings is 1. The van der Waals surface area contributed by atoms with Crippen LogP contribution in [0, 0.1) is 12.3 Å². The summed E-state index contributed by atoms with van der Waals surface area (Å²) in [5.74, 6) is 2.70. The second kappa shape index (κ2) is 5.00. The number of rotatable bonds is 3. The number of fused-ring (bicyclic) bond motifs is 1. The molecule has 0 bridgehead atoms. The first-order valence-corrected chi connectivity index (χ1v) is 5.66. The van der Waals surface area contributed by atoms with Gasteiger partial charge in [-0.05, 0) is 36.9 Å². The predicted molar refractivity (Wildman–Crippen MR) is 63.6 cm³/mol. The van der Waals surface area contributed by atoms with Gasteiger partial charge in [0.25, 0.3) is 0 Å². The minimum absolute atomic E-state index is 0.517. The Hall–Kier alpha value is -1.26. The largest absolute Gasteiger partial charge is 0.310 e. The van der Waals surface area contributed by atoms with Crippen molar-refractivity contribution in [3.05, 3.63) is 35.4 Å². The van der Waals surface area contributed by atoms with Crippen LogP contribution in [0.3, 0.4) is 0 Å². The molecule has 0 amide bonds. The summed E-state index contributed by atoms with van der Waals surface area (Å²) >= 11 is 0. The van der Waals surface area contributed by atoms with Gasteiger partial charge in [0.1, 0.15) is 0 Å². The van der Waals surface area contributed by atoms with Crippen molar-refractivity contribution in [3.8, 4) is 12.3 Å². The van der Waals surface area contributed by atoms with Gasteiger partial charge in [-0.25, -0.2) is 0 Å². The second-order valence-corrected chi connectivity index (χ2v) is 4.05. The molecule has 1 N–H and O–H groups in total. The van der Waals surface area contributed by atoms with E-state index in [1.165, 1.54) is 11.1 Å². The third-order valence-electron chi connectivity index (χ3n) is 3.03. The number of terminal acetylenes is 1. The normalized spacial score (nSPS) is 19.3. The maximum absolute atomic E-state index is 5.27. The van der Waals surface area contributed by atoms with Crippen molar-refractivity contribution in [1.82, 2.24) is 5.32 Å². The molecule has 1 aliphatic rings. The van der Waals surface area contributed by atoms with Crippen molar-refractivity contribution >= 4 is 0 Å². The Morgan fingerprint density at radius 2 is 2.27 bits per heavy atom. The number of nitrogens with one attached hydrogen (secondary N) is 1. The minimum Gasteiger partial charge on any atom is -0.310 e. The highest BCUT2D eigenvalue weighted by atomic mass is 14.9. The van der Waals surface area contributed by atoms with E-state index in [0.717, 1.165) is 32.2 Å². The molecule has 1 heteroatoms. The fourth-order valence-corrected chi connectivity index (χ4v) is 2.26. The molecule has 78 valence electrons. The molecule has 1 heterocycles. The van der Waals surface area contributed by atoms with Crippen LogP contribution in [-0.2, 0) is 6.42 Å². The average Bonchev–Trinajstić information content (AvgIpc) is 2.30. The molecule has 1 unspecified atom stereocenters. The SMILES string of the molecule is C#CCCCC1NCCc2ccccc21. The minimum atomic E-state index is 0.517. The quantitative estimate of drug-likeness (QED) is 0.583. The highest BCUT2D eigenvalue weighted by Gasteiger charge is 2.17. The first-order chi connectivity index (χ1) is 7.42. The van der Waals surface area contributed by atoms with E-state index in [4.69, 9.17) is 6.42 Å². The van der Waals surface area contributed by atoms with E-state index in [1.54, 1.807) is 0 Å². The zero-order valence-corrected chi connectivity index (χ0v) is 9.00. The fourth-order valence-electron chi connectivity index (χ4n) is 2.26. The number of unbranched alkanes of at least 4 members (excludes halogenated alkanes) is 1. The van der Waals surface area contributed by atoms with Crippen LogP contribution >= 0.6 is 0 Å². The molecular formula is C14H17N. The lowest BCUT2D eigenvalue weighted by Crippen LogP contribution is -2.29. The summed E-state index contributed by atoms with van der Waals surface area (Å²) in [6.45, 7) is 1.09. The molecule has 0 aromatic heterocycles. The Morgan fingerprint density at radius 3 is 3.13 bits per heavy atom. The molecule has 1 atom stereocenters. The lowest BCUT2D eigenvalue weighted by atomic mass is 9.91. The van der Waals surface area contributed by atoms with E-state index in [1.807, 2.05) is 0 Å². The highest BCUT2D eigenvalue weighted by Crippen LogP contribution is 2.26. The van der Waals surface area contributed by atoms with Crippen molar-refractivity contribution < 1.29 is 0 Å². The van der Waals surface area contributed by atoms with Gasteiger partial charge in [0.2, 0.25) is 0 Å². The third-order valence-corrected chi connectivity index (χ3v) is 3.03. The van der Waals surface area contributed by atoms with Gasteiger partial charge in [-0.2, -0.15) is 0 Å². The van der Waals surface area contributed by atoms with Crippen molar-refractivity contribution in [3.63, 3.8) is 0 Å². The van der Waals surface area contributed by atoms with Crippen molar-refractivity contribution in [1.29, 1.82) is 0 Å².